The molecule has 0 amide bonds. The van der Waals surface area contributed by atoms with Gasteiger partial charge in [-0.05, 0) is 31.4 Å². The van der Waals surface area contributed by atoms with E-state index in [-0.39, 0.29) is 5.54 Å². The van der Waals surface area contributed by atoms with Gasteiger partial charge in [-0.25, -0.2) is 0 Å². The molecule has 2 N–H and O–H groups in total. The third kappa shape index (κ3) is 2.41. The van der Waals surface area contributed by atoms with E-state index in [0.29, 0.717) is 16.9 Å². The van der Waals surface area contributed by atoms with E-state index in [0.717, 1.165) is 0 Å². The Kier molecular flexibility index (Phi) is 3.19. The predicted octanol–water partition coefficient (Wildman–Crippen LogP) is -0.225. The molecule has 0 atom stereocenters. The van der Waals surface area contributed by atoms with Crippen molar-refractivity contribution >= 4 is 12.6 Å². The van der Waals surface area contributed by atoms with Crippen LogP contribution >= 0.6 is 0 Å². The molecule has 2 aromatic rings. The van der Waals surface area contributed by atoms with Gasteiger partial charge in [-0.15, -0.1) is 10.2 Å². The number of aromatic nitrogens is 4. The molecular formula is C11H15BN4O2. The van der Waals surface area contributed by atoms with Gasteiger partial charge in [-0.1, -0.05) is 24.3 Å². The fourth-order valence-corrected chi connectivity index (χ4v) is 1.53. The van der Waals surface area contributed by atoms with Crippen LogP contribution in [-0.2, 0) is 5.54 Å². The van der Waals surface area contributed by atoms with Gasteiger partial charge in [0.25, 0.3) is 0 Å². The van der Waals surface area contributed by atoms with Crippen molar-refractivity contribution in [2.45, 2.75) is 26.3 Å². The van der Waals surface area contributed by atoms with E-state index < -0.39 is 7.12 Å². The lowest BCUT2D eigenvalue weighted by molar-refractivity contribution is 0.306. The highest BCUT2D eigenvalue weighted by Gasteiger charge is 2.22. The van der Waals surface area contributed by atoms with Crippen molar-refractivity contribution in [3.8, 4) is 11.4 Å². The van der Waals surface area contributed by atoms with Gasteiger partial charge in [0, 0.05) is 5.56 Å². The molecule has 1 heterocycles. The maximum absolute atomic E-state index is 9.31. The predicted molar refractivity (Wildman–Crippen MR) is 68.1 cm³/mol. The van der Waals surface area contributed by atoms with E-state index in [2.05, 4.69) is 15.4 Å². The van der Waals surface area contributed by atoms with E-state index in [1.54, 1.807) is 24.3 Å². The van der Waals surface area contributed by atoms with Gasteiger partial charge in [-0.2, -0.15) is 4.80 Å². The minimum atomic E-state index is -1.55. The second-order valence-corrected chi connectivity index (χ2v) is 5.03. The van der Waals surface area contributed by atoms with E-state index in [4.69, 9.17) is 0 Å². The number of nitrogens with zero attached hydrogens (tertiary/aromatic N) is 4. The van der Waals surface area contributed by atoms with Crippen LogP contribution in [0.2, 0.25) is 0 Å². The van der Waals surface area contributed by atoms with Gasteiger partial charge >= 0.3 is 7.12 Å². The second kappa shape index (κ2) is 4.51. The fraction of sp³-hybridized carbons (Fsp3) is 0.364. The highest BCUT2D eigenvalue weighted by atomic mass is 16.4. The summed E-state index contributed by atoms with van der Waals surface area (Å²) < 4.78 is 0. The summed E-state index contributed by atoms with van der Waals surface area (Å²) >= 11 is 0. The first kappa shape index (κ1) is 12.7. The Morgan fingerprint density at radius 2 is 1.83 bits per heavy atom. The zero-order chi connectivity index (χ0) is 13.3. The van der Waals surface area contributed by atoms with Crippen molar-refractivity contribution in [2.24, 2.45) is 0 Å². The zero-order valence-electron chi connectivity index (χ0n) is 10.6. The molecule has 0 fully saturated rings. The first-order valence-corrected chi connectivity index (χ1v) is 5.65. The average molecular weight is 246 g/mol. The van der Waals surface area contributed by atoms with Crippen LogP contribution in [-0.4, -0.2) is 37.4 Å². The van der Waals surface area contributed by atoms with Crippen molar-refractivity contribution in [3.05, 3.63) is 24.3 Å². The lowest BCUT2D eigenvalue weighted by atomic mass is 9.77. The smallest absolute Gasteiger partial charge is 0.423 e. The van der Waals surface area contributed by atoms with Crippen LogP contribution in [0.25, 0.3) is 11.4 Å². The quantitative estimate of drug-likeness (QED) is 0.715. The molecule has 0 radical (unpaired) electrons. The molecule has 7 heteroatoms. The SMILES string of the molecule is CC(C)(C)n1nnc(-c2ccccc2B(O)O)n1. The fourth-order valence-electron chi connectivity index (χ4n) is 1.53. The Morgan fingerprint density at radius 3 is 2.39 bits per heavy atom. The van der Waals surface area contributed by atoms with Gasteiger partial charge < -0.3 is 10.0 Å². The molecule has 0 aliphatic carbocycles. The van der Waals surface area contributed by atoms with Crippen molar-refractivity contribution in [2.75, 3.05) is 0 Å². The van der Waals surface area contributed by atoms with Crippen LogP contribution in [0.15, 0.2) is 24.3 Å². The molecule has 0 bridgehead atoms. The van der Waals surface area contributed by atoms with Crippen LogP contribution in [0.1, 0.15) is 20.8 Å². The summed E-state index contributed by atoms with van der Waals surface area (Å²) in [5.74, 6) is 0.383. The maximum Gasteiger partial charge on any atom is 0.489 e. The third-order valence-corrected chi connectivity index (χ3v) is 2.49. The first-order valence-electron chi connectivity index (χ1n) is 5.65. The summed E-state index contributed by atoms with van der Waals surface area (Å²) in [7, 11) is -1.55. The normalized spacial score (nSPS) is 11.6. The molecule has 94 valence electrons. The van der Waals surface area contributed by atoms with Crippen LogP contribution in [0.3, 0.4) is 0 Å². The Bertz CT molecular complexity index is 548. The van der Waals surface area contributed by atoms with Gasteiger partial charge in [0.05, 0.1) is 5.54 Å². The molecule has 0 unspecified atom stereocenters. The van der Waals surface area contributed by atoms with Crippen molar-refractivity contribution in [1.82, 2.24) is 20.2 Å². The molecule has 0 aliphatic rings. The molecule has 0 saturated heterocycles. The largest absolute Gasteiger partial charge is 0.489 e. The number of rotatable bonds is 2. The Labute approximate surface area is 105 Å². The van der Waals surface area contributed by atoms with E-state index in [1.165, 1.54) is 4.80 Å². The summed E-state index contributed by atoms with van der Waals surface area (Å²) in [6.07, 6.45) is 0. The van der Waals surface area contributed by atoms with E-state index in [9.17, 15) is 10.0 Å². The van der Waals surface area contributed by atoms with E-state index >= 15 is 0 Å². The molecular weight excluding hydrogens is 231 g/mol. The van der Waals surface area contributed by atoms with Crippen LogP contribution in [0.4, 0.5) is 0 Å². The van der Waals surface area contributed by atoms with Crippen LogP contribution < -0.4 is 5.46 Å². The molecule has 1 aromatic carbocycles. The summed E-state index contributed by atoms with van der Waals surface area (Å²) in [6.45, 7) is 5.89. The van der Waals surface area contributed by atoms with Crippen LogP contribution in [0, 0.1) is 0 Å². The lowest BCUT2D eigenvalue weighted by Crippen LogP contribution is -2.31. The number of hydrogen-bond acceptors (Lipinski definition) is 5. The summed E-state index contributed by atoms with van der Waals surface area (Å²) in [5.41, 5.74) is 0.673. The minimum Gasteiger partial charge on any atom is -0.423 e. The van der Waals surface area contributed by atoms with Gasteiger partial charge in [0.1, 0.15) is 0 Å². The number of tetrazole rings is 1. The second-order valence-electron chi connectivity index (χ2n) is 5.03. The molecule has 2 rings (SSSR count). The highest BCUT2D eigenvalue weighted by molar-refractivity contribution is 6.60. The number of hydrogen-bond donors (Lipinski definition) is 2. The van der Waals surface area contributed by atoms with Crippen LogP contribution in [0.5, 0.6) is 0 Å². The zero-order valence-corrected chi connectivity index (χ0v) is 10.6. The minimum absolute atomic E-state index is 0.266. The Balaban J connectivity index is 2.47. The molecule has 1 aromatic heterocycles. The first-order chi connectivity index (χ1) is 8.39. The standard InChI is InChI=1S/C11H15BN4O2/c1-11(2,3)16-14-10(13-15-16)8-6-4-5-7-9(8)12(17)18/h4-7,17-18H,1-3H3. The van der Waals surface area contributed by atoms with Crippen molar-refractivity contribution in [1.29, 1.82) is 0 Å². The molecule has 0 saturated carbocycles. The molecule has 0 aliphatic heterocycles. The topological polar surface area (TPSA) is 84.1 Å². The van der Waals surface area contributed by atoms with E-state index in [1.807, 2.05) is 20.8 Å². The number of benzene rings is 1. The molecule has 18 heavy (non-hydrogen) atoms. The lowest BCUT2D eigenvalue weighted by Gasteiger charge is -2.15. The van der Waals surface area contributed by atoms with Gasteiger partial charge in [0.15, 0.2) is 0 Å². The average Bonchev–Trinajstić information content (AvgIpc) is 2.77. The van der Waals surface area contributed by atoms with Gasteiger partial charge in [-0.3, -0.25) is 0 Å². The third-order valence-electron chi connectivity index (χ3n) is 2.49. The summed E-state index contributed by atoms with van der Waals surface area (Å²) in [4.78, 5) is 1.50. The highest BCUT2D eigenvalue weighted by Crippen LogP contribution is 2.15. The molecule has 0 spiro atoms. The maximum atomic E-state index is 9.31. The Morgan fingerprint density at radius 1 is 1.17 bits per heavy atom. The summed E-state index contributed by atoms with van der Waals surface area (Å²) in [5, 5.41) is 30.8. The monoisotopic (exact) mass is 246 g/mol. The van der Waals surface area contributed by atoms with Gasteiger partial charge in [0.2, 0.25) is 5.82 Å². The Hall–Kier alpha value is -1.73. The van der Waals surface area contributed by atoms with Crippen molar-refractivity contribution in [3.63, 3.8) is 0 Å². The summed E-state index contributed by atoms with van der Waals surface area (Å²) in [6, 6.07) is 6.88. The van der Waals surface area contributed by atoms with Crippen molar-refractivity contribution < 1.29 is 10.0 Å². The molecule has 6 nitrogen and oxygen atoms in total.